The molecule has 2 aromatic carbocycles. The number of rotatable bonds is 15. The third-order valence-electron chi connectivity index (χ3n) is 6.17. The van der Waals surface area contributed by atoms with Crippen LogP contribution >= 0.6 is 0 Å². The van der Waals surface area contributed by atoms with E-state index in [-0.39, 0.29) is 13.1 Å². The molecule has 0 aliphatic rings. The standard InChI is InChI=1S/C28H35F3N3O2/c1-2-3-4-5-6-7-8-9-10-11-26-32-27(33-36-26)24-16-12-22(13-17-24)20-34(35)21-23-14-18-25(19-15-23)28(29,30)31/h12-19H,2-11,20-21H2,1H3/q-1. The molecule has 0 fully saturated rings. The van der Waals surface area contributed by atoms with Crippen molar-refractivity contribution in [1.29, 1.82) is 0 Å². The van der Waals surface area contributed by atoms with Crippen LogP contribution in [0.3, 0.4) is 0 Å². The Labute approximate surface area is 211 Å². The Balaban J connectivity index is 1.39. The molecule has 3 aromatic rings. The Bertz CT molecular complexity index is 1020. The first-order chi connectivity index (χ1) is 17.3. The summed E-state index contributed by atoms with van der Waals surface area (Å²) in [6, 6.07) is 12.0. The number of hydrogen-bond donors (Lipinski definition) is 0. The molecule has 0 amide bonds. The number of hydroxylamine groups is 2. The van der Waals surface area contributed by atoms with Crippen LogP contribution in [0.1, 0.15) is 87.3 Å². The van der Waals surface area contributed by atoms with Crippen LogP contribution in [0.15, 0.2) is 53.1 Å². The number of hydrogen-bond acceptors (Lipinski definition) is 5. The Morgan fingerprint density at radius 2 is 1.31 bits per heavy atom. The number of aromatic nitrogens is 2. The molecule has 196 valence electrons. The normalized spacial score (nSPS) is 11.9. The van der Waals surface area contributed by atoms with E-state index in [0.717, 1.165) is 41.2 Å². The smallest absolute Gasteiger partial charge is 0.416 e. The van der Waals surface area contributed by atoms with Crippen molar-refractivity contribution in [3.05, 3.63) is 76.3 Å². The van der Waals surface area contributed by atoms with Gasteiger partial charge in [-0.15, -0.1) is 0 Å². The van der Waals surface area contributed by atoms with Gasteiger partial charge in [-0.1, -0.05) is 99.8 Å². The molecule has 0 aliphatic carbocycles. The second-order valence-corrected chi connectivity index (χ2v) is 9.28. The molecule has 0 atom stereocenters. The maximum Gasteiger partial charge on any atom is 0.416 e. The first kappa shape index (κ1) is 27.9. The zero-order chi connectivity index (χ0) is 25.8. The average Bonchev–Trinajstić information content (AvgIpc) is 3.32. The van der Waals surface area contributed by atoms with Gasteiger partial charge in [-0.05, 0) is 29.7 Å². The van der Waals surface area contributed by atoms with Crippen molar-refractivity contribution in [3.63, 3.8) is 0 Å². The molecule has 0 bridgehead atoms. The number of unbranched alkanes of at least 4 members (excludes halogenated alkanes) is 8. The van der Waals surface area contributed by atoms with Gasteiger partial charge in [0.25, 0.3) is 0 Å². The quantitative estimate of drug-likeness (QED) is 0.154. The number of benzene rings is 2. The third-order valence-corrected chi connectivity index (χ3v) is 6.17. The largest absolute Gasteiger partial charge is 0.785 e. The van der Waals surface area contributed by atoms with Crippen LogP contribution in [-0.2, 0) is 25.7 Å². The lowest BCUT2D eigenvalue weighted by atomic mass is 10.1. The van der Waals surface area contributed by atoms with E-state index in [4.69, 9.17) is 4.52 Å². The third kappa shape index (κ3) is 9.39. The highest BCUT2D eigenvalue weighted by atomic mass is 19.4. The highest BCUT2D eigenvalue weighted by Gasteiger charge is 2.29. The van der Waals surface area contributed by atoms with Gasteiger partial charge in [-0.25, -0.2) is 0 Å². The molecule has 0 radical (unpaired) electrons. The summed E-state index contributed by atoms with van der Waals surface area (Å²) in [6.45, 7) is 2.36. The molecule has 1 aromatic heterocycles. The monoisotopic (exact) mass is 502 g/mol. The first-order valence-corrected chi connectivity index (χ1v) is 12.8. The van der Waals surface area contributed by atoms with E-state index < -0.39 is 11.7 Å². The van der Waals surface area contributed by atoms with Crippen LogP contribution < -0.4 is 0 Å². The van der Waals surface area contributed by atoms with E-state index in [1.54, 1.807) is 0 Å². The van der Waals surface area contributed by atoms with Crippen LogP contribution in [0.25, 0.3) is 11.4 Å². The van der Waals surface area contributed by atoms with Crippen molar-refractivity contribution in [1.82, 2.24) is 15.2 Å². The SMILES string of the molecule is CCCCCCCCCCCc1nc(-c2ccc(CN([O-])Cc3ccc(C(F)(F)F)cc3)cc2)no1. The topological polar surface area (TPSA) is 65.2 Å². The highest BCUT2D eigenvalue weighted by Crippen LogP contribution is 2.29. The summed E-state index contributed by atoms with van der Waals surface area (Å²) in [5.41, 5.74) is 1.40. The summed E-state index contributed by atoms with van der Waals surface area (Å²) in [7, 11) is 0. The summed E-state index contributed by atoms with van der Waals surface area (Å²) in [5.74, 6) is 1.16. The minimum absolute atomic E-state index is 0.00689. The summed E-state index contributed by atoms with van der Waals surface area (Å²) >= 11 is 0. The Morgan fingerprint density at radius 1 is 0.778 bits per heavy atom. The minimum atomic E-state index is -4.38. The predicted molar refractivity (Wildman–Crippen MR) is 135 cm³/mol. The molecule has 0 saturated heterocycles. The van der Waals surface area contributed by atoms with E-state index in [1.807, 2.05) is 24.3 Å². The summed E-state index contributed by atoms with van der Waals surface area (Å²) in [4.78, 5) is 4.49. The van der Waals surface area contributed by atoms with Crippen LogP contribution in [0, 0.1) is 5.21 Å². The maximum atomic E-state index is 12.7. The summed E-state index contributed by atoms with van der Waals surface area (Å²) in [5, 5.41) is 17.2. The zero-order valence-electron chi connectivity index (χ0n) is 20.9. The Hall–Kier alpha value is -2.71. The first-order valence-electron chi connectivity index (χ1n) is 12.8. The van der Waals surface area contributed by atoms with Crippen molar-refractivity contribution in [2.45, 2.75) is 90.4 Å². The second kappa shape index (κ2) is 14.1. The molecular formula is C28H35F3N3O2-. The highest BCUT2D eigenvalue weighted by molar-refractivity contribution is 5.54. The fourth-order valence-electron chi connectivity index (χ4n) is 4.08. The van der Waals surface area contributed by atoms with Crippen molar-refractivity contribution < 1.29 is 17.7 Å². The fraction of sp³-hybridized carbons (Fsp3) is 0.500. The Morgan fingerprint density at radius 3 is 1.86 bits per heavy atom. The second-order valence-electron chi connectivity index (χ2n) is 9.28. The predicted octanol–water partition coefficient (Wildman–Crippen LogP) is 8.33. The number of halogens is 3. The van der Waals surface area contributed by atoms with Crippen molar-refractivity contribution in [2.75, 3.05) is 0 Å². The van der Waals surface area contributed by atoms with E-state index in [0.29, 0.717) is 17.3 Å². The van der Waals surface area contributed by atoms with Crippen LogP contribution in [0.2, 0.25) is 0 Å². The van der Waals surface area contributed by atoms with Crippen LogP contribution in [0.4, 0.5) is 13.2 Å². The van der Waals surface area contributed by atoms with Gasteiger partial charge in [0.05, 0.1) is 5.56 Å². The molecule has 36 heavy (non-hydrogen) atoms. The van der Waals surface area contributed by atoms with Crippen LogP contribution in [0.5, 0.6) is 0 Å². The van der Waals surface area contributed by atoms with Gasteiger partial charge in [-0.3, -0.25) is 0 Å². The molecule has 5 nitrogen and oxygen atoms in total. The minimum Gasteiger partial charge on any atom is -0.785 e. The maximum absolute atomic E-state index is 12.7. The van der Waals surface area contributed by atoms with Gasteiger partial charge in [0.2, 0.25) is 11.7 Å². The molecule has 0 spiro atoms. The van der Waals surface area contributed by atoms with E-state index in [2.05, 4.69) is 17.1 Å². The molecular weight excluding hydrogens is 467 g/mol. The van der Waals surface area contributed by atoms with Gasteiger partial charge in [0.1, 0.15) is 0 Å². The van der Waals surface area contributed by atoms with Gasteiger partial charge in [0, 0.05) is 25.1 Å². The molecule has 0 N–H and O–H groups in total. The molecule has 0 aliphatic heterocycles. The van der Waals surface area contributed by atoms with Crippen molar-refractivity contribution in [3.8, 4) is 11.4 Å². The van der Waals surface area contributed by atoms with Gasteiger partial charge >= 0.3 is 6.18 Å². The van der Waals surface area contributed by atoms with Crippen LogP contribution in [-0.4, -0.2) is 15.2 Å². The lowest BCUT2D eigenvalue weighted by molar-refractivity contribution is -0.137. The van der Waals surface area contributed by atoms with Gasteiger partial charge in [-0.2, -0.15) is 18.2 Å². The lowest BCUT2D eigenvalue weighted by Crippen LogP contribution is -2.15. The molecule has 0 unspecified atom stereocenters. The number of alkyl halides is 3. The summed E-state index contributed by atoms with van der Waals surface area (Å²) < 4.78 is 43.4. The molecule has 1 heterocycles. The molecule has 0 saturated carbocycles. The van der Waals surface area contributed by atoms with E-state index in [9.17, 15) is 18.4 Å². The van der Waals surface area contributed by atoms with Gasteiger partial charge in [0.15, 0.2) is 0 Å². The number of nitrogens with zero attached hydrogens (tertiary/aromatic N) is 3. The van der Waals surface area contributed by atoms with E-state index in [1.165, 1.54) is 63.5 Å². The average molecular weight is 503 g/mol. The van der Waals surface area contributed by atoms with Gasteiger partial charge < -0.3 is 14.8 Å². The zero-order valence-corrected chi connectivity index (χ0v) is 20.9. The summed E-state index contributed by atoms with van der Waals surface area (Å²) in [6.07, 6.45) is 7.74. The van der Waals surface area contributed by atoms with E-state index >= 15 is 0 Å². The lowest BCUT2D eigenvalue weighted by Gasteiger charge is -2.28. The molecule has 8 heteroatoms. The van der Waals surface area contributed by atoms with Crippen molar-refractivity contribution in [2.24, 2.45) is 0 Å². The number of aryl methyl sites for hydroxylation is 1. The Kier molecular flexibility index (Phi) is 10.9. The molecule has 3 rings (SSSR count). The fourth-order valence-corrected chi connectivity index (χ4v) is 4.08. The van der Waals surface area contributed by atoms with Crippen molar-refractivity contribution >= 4 is 0 Å².